The average Bonchev–Trinajstić information content (AvgIpc) is 3.14. The van der Waals surface area contributed by atoms with E-state index in [-0.39, 0.29) is 12.1 Å². The zero-order chi connectivity index (χ0) is 17.5. The Hall–Kier alpha value is -2.06. The number of nitrogens with zero attached hydrogens (tertiary/aromatic N) is 4. The van der Waals surface area contributed by atoms with E-state index >= 15 is 0 Å². The van der Waals surface area contributed by atoms with Gasteiger partial charge < -0.3 is 15.0 Å². The van der Waals surface area contributed by atoms with Crippen molar-refractivity contribution in [2.75, 3.05) is 13.1 Å². The lowest BCUT2D eigenvalue weighted by Crippen LogP contribution is -2.47. The van der Waals surface area contributed by atoms with Crippen LogP contribution in [0.2, 0.25) is 0 Å². The molecule has 0 bridgehead atoms. The minimum atomic E-state index is -0.0667. The zero-order valence-electron chi connectivity index (χ0n) is 14.4. The van der Waals surface area contributed by atoms with Gasteiger partial charge in [0.2, 0.25) is 0 Å². The molecule has 0 unspecified atom stereocenters. The lowest BCUT2D eigenvalue weighted by atomic mass is 10.1. The summed E-state index contributed by atoms with van der Waals surface area (Å²) in [4.78, 5) is 18.3. The van der Waals surface area contributed by atoms with Crippen LogP contribution in [0.15, 0.2) is 24.5 Å². The number of carbonyl (C=O) groups is 1. The van der Waals surface area contributed by atoms with Gasteiger partial charge in [-0.05, 0) is 30.9 Å². The molecule has 0 radical (unpaired) electrons. The van der Waals surface area contributed by atoms with E-state index in [2.05, 4.69) is 20.5 Å². The summed E-state index contributed by atoms with van der Waals surface area (Å²) in [7, 11) is 0. The first-order valence-corrected chi connectivity index (χ1v) is 9.40. The van der Waals surface area contributed by atoms with Crippen LogP contribution < -0.4 is 5.32 Å². The summed E-state index contributed by atoms with van der Waals surface area (Å²) in [6.07, 6.45) is 6.41. The van der Waals surface area contributed by atoms with E-state index in [9.17, 15) is 4.79 Å². The van der Waals surface area contributed by atoms with Crippen molar-refractivity contribution < 1.29 is 9.53 Å². The first kappa shape index (κ1) is 17.8. The van der Waals surface area contributed by atoms with Gasteiger partial charge >= 0.3 is 6.03 Å². The third-order valence-electron chi connectivity index (χ3n) is 4.08. The molecule has 2 aromatic heterocycles. The van der Waals surface area contributed by atoms with Gasteiger partial charge in [-0.15, -0.1) is 10.2 Å². The molecule has 1 saturated heterocycles. The molecule has 3 heterocycles. The molecule has 3 rings (SSSR count). The summed E-state index contributed by atoms with van der Waals surface area (Å²) in [5.41, 5.74) is 1.05. The van der Waals surface area contributed by atoms with Crippen LogP contribution in [0.1, 0.15) is 35.3 Å². The molecule has 1 aliphatic heterocycles. The molecule has 8 heteroatoms. The van der Waals surface area contributed by atoms with Crippen LogP contribution in [0.3, 0.4) is 0 Å². The molecule has 2 aromatic rings. The summed E-state index contributed by atoms with van der Waals surface area (Å²) in [6.45, 7) is 4.37. The topological polar surface area (TPSA) is 80.2 Å². The van der Waals surface area contributed by atoms with Gasteiger partial charge in [0, 0.05) is 25.5 Å². The minimum Gasteiger partial charge on any atom is -0.372 e. The molecule has 1 fully saturated rings. The number of likely N-dealkylation sites (tertiary alicyclic amines) is 1. The second-order valence-corrected chi connectivity index (χ2v) is 7.13. The molecule has 0 aliphatic carbocycles. The zero-order valence-corrected chi connectivity index (χ0v) is 15.2. The Kier molecular flexibility index (Phi) is 6.30. The predicted molar refractivity (Wildman–Crippen MR) is 95.1 cm³/mol. The van der Waals surface area contributed by atoms with Crippen molar-refractivity contribution in [3.8, 4) is 0 Å². The van der Waals surface area contributed by atoms with Crippen molar-refractivity contribution in [2.24, 2.45) is 0 Å². The van der Waals surface area contributed by atoms with E-state index in [0.717, 1.165) is 41.4 Å². The molecule has 1 atom stereocenters. The molecular formula is C17H23N5O2S. The minimum absolute atomic E-state index is 0.0629. The number of ether oxygens (including phenoxy) is 1. The smallest absolute Gasteiger partial charge is 0.317 e. The van der Waals surface area contributed by atoms with Crippen molar-refractivity contribution in [1.82, 2.24) is 25.4 Å². The first-order chi connectivity index (χ1) is 12.2. The third kappa shape index (κ3) is 5.20. The van der Waals surface area contributed by atoms with Gasteiger partial charge in [0.05, 0.1) is 19.3 Å². The van der Waals surface area contributed by atoms with Crippen LogP contribution in [0, 0.1) is 0 Å². The number of piperidine rings is 1. The van der Waals surface area contributed by atoms with Gasteiger partial charge in [-0.25, -0.2) is 4.79 Å². The monoisotopic (exact) mass is 361 g/mol. The summed E-state index contributed by atoms with van der Waals surface area (Å²) < 4.78 is 5.95. The number of hydrogen-bond acceptors (Lipinski definition) is 6. The maximum absolute atomic E-state index is 12.4. The summed E-state index contributed by atoms with van der Waals surface area (Å²) >= 11 is 1.54. The average molecular weight is 361 g/mol. The molecule has 25 heavy (non-hydrogen) atoms. The fraction of sp³-hybridized carbons (Fsp3) is 0.529. The van der Waals surface area contributed by atoms with Crippen molar-refractivity contribution in [1.29, 1.82) is 0 Å². The standard InChI is InChI=1S/C17H23N5O2S/c1-2-15-20-21-16(25-15)10-19-17(23)22-8-4-6-14(11-22)24-12-13-5-3-7-18-9-13/h3,5,7,9,14H,2,4,6,8,10-12H2,1H3,(H,19,23)/t14-/m1/s1. The van der Waals surface area contributed by atoms with E-state index in [0.29, 0.717) is 19.7 Å². The number of hydrogen-bond donors (Lipinski definition) is 1. The summed E-state index contributed by atoms with van der Waals surface area (Å²) in [6, 6.07) is 3.83. The van der Waals surface area contributed by atoms with Gasteiger partial charge in [-0.3, -0.25) is 4.98 Å². The Morgan fingerprint density at radius 1 is 1.44 bits per heavy atom. The van der Waals surface area contributed by atoms with E-state index in [1.54, 1.807) is 23.7 Å². The number of carbonyl (C=O) groups excluding carboxylic acids is 1. The van der Waals surface area contributed by atoms with Crippen molar-refractivity contribution in [3.63, 3.8) is 0 Å². The highest BCUT2D eigenvalue weighted by Crippen LogP contribution is 2.15. The molecular weight excluding hydrogens is 338 g/mol. The van der Waals surface area contributed by atoms with Crippen LogP contribution in [0.5, 0.6) is 0 Å². The number of urea groups is 1. The second kappa shape index (κ2) is 8.87. The van der Waals surface area contributed by atoms with E-state index in [1.165, 1.54) is 0 Å². The Morgan fingerprint density at radius 3 is 3.08 bits per heavy atom. The highest BCUT2D eigenvalue weighted by molar-refractivity contribution is 7.11. The largest absolute Gasteiger partial charge is 0.372 e. The van der Waals surface area contributed by atoms with Crippen LogP contribution in [0.25, 0.3) is 0 Å². The highest BCUT2D eigenvalue weighted by Gasteiger charge is 2.24. The molecule has 134 valence electrons. The molecule has 2 amide bonds. The van der Waals surface area contributed by atoms with Crippen LogP contribution in [-0.4, -0.2) is 45.3 Å². The van der Waals surface area contributed by atoms with Crippen molar-refractivity contribution in [2.45, 2.75) is 45.4 Å². The summed E-state index contributed by atoms with van der Waals surface area (Å²) in [5, 5.41) is 12.9. The molecule has 0 saturated carbocycles. The fourth-order valence-corrected chi connectivity index (χ4v) is 3.45. The van der Waals surface area contributed by atoms with E-state index < -0.39 is 0 Å². The normalized spacial score (nSPS) is 17.5. The Morgan fingerprint density at radius 2 is 2.32 bits per heavy atom. The SMILES string of the molecule is CCc1nnc(CNC(=O)N2CCC[C@@H](OCc3cccnc3)C2)s1. The van der Waals surface area contributed by atoms with Crippen molar-refractivity contribution >= 4 is 17.4 Å². The van der Waals surface area contributed by atoms with Gasteiger partial charge in [0.25, 0.3) is 0 Å². The number of nitrogens with one attached hydrogen (secondary N) is 1. The second-order valence-electron chi connectivity index (χ2n) is 5.98. The Balaban J connectivity index is 1.44. The molecule has 0 aromatic carbocycles. The quantitative estimate of drug-likeness (QED) is 0.854. The summed E-state index contributed by atoms with van der Waals surface area (Å²) in [5.74, 6) is 0. The number of aromatic nitrogens is 3. The first-order valence-electron chi connectivity index (χ1n) is 8.59. The molecule has 1 N–H and O–H groups in total. The van der Waals surface area contributed by atoms with E-state index in [1.807, 2.05) is 24.0 Å². The van der Waals surface area contributed by atoms with Crippen molar-refractivity contribution in [3.05, 3.63) is 40.1 Å². The Labute approximate surface area is 151 Å². The Bertz CT molecular complexity index is 679. The van der Waals surface area contributed by atoms with Gasteiger partial charge in [0.15, 0.2) is 0 Å². The maximum Gasteiger partial charge on any atom is 0.317 e. The molecule has 0 spiro atoms. The van der Waals surface area contributed by atoms with Crippen LogP contribution in [-0.2, 0) is 24.3 Å². The lowest BCUT2D eigenvalue weighted by molar-refractivity contribution is -0.000460. The number of aryl methyl sites for hydroxylation is 1. The maximum atomic E-state index is 12.4. The van der Waals surface area contributed by atoms with Gasteiger partial charge in [-0.2, -0.15) is 0 Å². The number of pyridine rings is 1. The predicted octanol–water partition coefficient (Wildman–Crippen LogP) is 2.39. The lowest BCUT2D eigenvalue weighted by Gasteiger charge is -2.32. The highest BCUT2D eigenvalue weighted by atomic mass is 32.1. The van der Waals surface area contributed by atoms with Gasteiger partial charge in [-0.1, -0.05) is 24.3 Å². The molecule has 1 aliphatic rings. The van der Waals surface area contributed by atoms with Gasteiger partial charge in [0.1, 0.15) is 10.0 Å². The number of rotatable bonds is 6. The fourth-order valence-electron chi connectivity index (χ4n) is 2.72. The van der Waals surface area contributed by atoms with Crippen LogP contribution in [0.4, 0.5) is 4.79 Å². The third-order valence-corrected chi connectivity index (χ3v) is 5.14. The number of amides is 2. The van der Waals surface area contributed by atoms with E-state index in [4.69, 9.17) is 4.74 Å². The molecule has 7 nitrogen and oxygen atoms in total. The van der Waals surface area contributed by atoms with Crippen LogP contribution >= 0.6 is 11.3 Å².